The average Bonchev–Trinajstić information content (AvgIpc) is 3.29. The van der Waals surface area contributed by atoms with Gasteiger partial charge in [-0.25, -0.2) is 4.98 Å². The second kappa shape index (κ2) is 6.73. The molecule has 0 saturated carbocycles. The van der Waals surface area contributed by atoms with Crippen LogP contribution in [0.4, 0.5) is 0 Å². The maximum Gasteiger partial charge on any atom is 0.124 e. The molecule has 4 aromatic rings. The topological polar surface area (TPSA) is 66.0 Å². The first-order valence-corrected chi connectivity index (χ1v) is 9.94. The van der Waals surface area contributed by atoms with Crippen molar-refractivity contribution in [2.45, 2.75) is 38.3 Å². The Morgan fingerprint density at radius 2 is 2.19 bits per heavy atom. The highest BCUT2D eigenvalue weighted by molar-refractivity contribution is 9.10. The van der Waals surface area contributed by atoms with Crippen molar-refractivity contribution < 1.29 is 9.26 Å². The molecule has 0 N–H and O–H groups in total. The summed E-state index contributed by atoms with van der Waals surface area (Å²) in [5, 5.41) is 5.19. The van der Waals surface area contributed by atoms with E-state index in [1.54, 1.807) is 6.26 Å². The van der Waals surface area contributed by atoms with E-state index in [9.17, 15) is 0 Å². The highest BCUT2D eigenvalue weighted by atomic mass is 79.9. The van der Waals surface area contributed by atoms with E-state index in [4.69, 9.17) is 14.2 Å². The molecule has 0 unspecified atom stereocenters. The molecule has 5 rings (SSSR count). The number of hydrogen-bond donors (Lipinski definition) is 0. The van der Waals surface area contributed by atoms with Crippen LogP contribution >= 0.6 is 15.9 Å². The molecule has 4 heterocycles. The average molecular weight is 427 g/mol. The van der Waals surface area contributed by atoms with Crippen molar-refractivity contribution in [3.05, 3.63) is 52.7 Å². The summed E-state index contributed by atoms with van der Waals surface area (Å²) >= 11 is 3.60. The van der Waals surface area contributed by atoms with Crippen LogP contribution in [0.25, 0.3) is 21.9 Å². The van der Waals surface area contributed by atoms with Crippen LogP contribution in [0.2, 0.25) is 0 Å². The molecule has 0 radical (unpaired) electrons. The normalized spacial score (nSPS) is 20.5. The van der Waals surface area contributed by atoms with Crippen LogP contribution in [0.15, 0.2) is 45.7 Å². The largest absolute Gasteiger partial charge is 0.378 e. The Hall–Kier alpha value is -2.25. The highest BCUT2D eigenvalue weighted by Crippen LogP contribution is 2.34. The molecule has 1 fully saturated rings. The first-order valence-electron chi connectivity index (χ1n) is 9.15. The second-order valence-electron chi connectivity index (χ2n) is 7.08. The molecule has 2 atom stereocenters. The predicted octanol–water partition coefficient (Wildman–Crippen LogP) is 4.67. The van der Waals surface area contributed by atoms with Crippen molar-refractivity contribution in [1.29, 1.82) is 0 Å². The number of rotatable bonds is 3. The van der Waals surface area contributed by atoms with Crippen molar-refractivity contribution in [2.24, 2.45) is 0 Å². The van der Waals surface area contributed by atoms with Gasteiger partial charge in [-0.1, -0.05) is 21.1 Å². The first kappa shape index (κ1) is 16.9. The summed E-state index contributed by atoms with van der Waals surface area (Å²) in [6.07, 6.45) is 6.28. The van der Waals surface area contributed by atoms with Crippen LogP contribution in [0.3, 0.4) is 0 Å². The van der Waals surface area contributed by atoms with Gasteiger partial charge in [0.2, 0.25) is 0 Å². The van der Waals surface area contributed by atoms with Gasteiger partial charge in [-0.05, 0) is 38.0 Å². The van der Waals surface area contributed by atoms with E-state index in [1.807, 2.05) is 24.4 Å². The highest BCUT2D eigenvalue weighted by Gasteiger charge is 2.26. The van der Waals surface area contributed by atoms with Crippen LogP contribution in [0.5, 0.6) is 0 Å². The molecular formula is C20H19BrN4O2. The number of aromatic nitrogens is 4. The zero-order chi connectivity index (χ0) is 18.4. The van der Waals surface area contributed by atoms with Gasteiger partial charge >= 0.3 is 0 Å². The third-order valence-electron chi connectivity index (χ3n) is 5.20. The molecular weight excluding hydrogens is 408 g/mol. The van der Waals surface area contributed by atoms with Gasteiger partial charge in [0.25, 0.3) is 0 Å². The van der Waals surface area contributed by atoms with Crippen molar-refractivity contribution in [3.63, 3.8) is 0 Å². The molecule has 138 valence electrons. The number of fused-ring (bicyclic) bond motifs is 3. The first-order chi connectivity index (χ1) is 13.2. The van der Waals surface area contributed by atoms with E-state index in [0.717, 1.165) is 57.4 Å². The van der Waals surface area contributed by atoms with Crippen molar-refractivity contribution in [1.82, 2.24) is 19.7 Å². The number of benzene rings is 1. The number of hydrogen-bond acceptors (Lipinski definition) is 5. The van der Waals surface area contributed by atoms with E-state index in [0.29, 0.717) is 12.5 Å². The lowest BCUT2D eigenvalue weighted by atomic mass is 10.0. The van der Waals surface area contributed by atoms with Gasteiger partial charge < -0.3 is 13.8 Å². The molecule has 1 aliphatic heterocycles. The van der Waals surface area contributed by atoms with Crippen LogP contribution in [-0.4, -0.2) is 32.4 Å². The van der Waals surface area contributed by atoms with Crippen LogP contribution in [0, 0.1) is 0 Å². The van der Waals surface area contributed by atoms with Gasteiger partial charge in [-0.15, -0.1) is 0 Å². The minimum Gasteiger partial charge on any atom is -0.378 e. The summed E-state index contributed by atoms with van der Waals surface area (Å²) in [5.74, 6) is 0.993. The third-order valence-corrected chi connectivity index (χ3v) is 5.70. The molecule has 0 amide bonds. The number of nitrogens with zero attached hydrogens (tertiary/aromatic N) is 4. The Bertz CT molecular complexity index is 1110. The fourth-order valence-electron chi connectivity index (χ4n) is 4.01. The van der Waals surface area contributed by atoms with Crippen LogP contribution in [-0.2, 0) is 11.2 Å². The smallest absolute Gasteiger partial charge is 0.124 e. The predicted molar refractivity (Wildman–Crippen MR) is 106 cm³/mol. The minimum atomic E-state index is 0.237. The second-order valence-corrected chi connectivity index (χ2v) is 7.99. The van der Waals surface area contributed by atoms with Gasteiger partial charge in [0.05, 0.1) is 35.4 Å². The summed E-state index contributed by atoms with van der Waals surface area (Å²) in [6, 6.07) is 8.43. The maximum atomic E-state index is 5.79. The van der Waals surface area contributed by atoms with Crippen molar-refractivity contribution in [2.75, 3.05) is 6.61 Å². The Morgan fingerprint density at radius 3 is 3.00 bits per heavy atom. The zero-order valence-electron chi connectivity index (χ0n) is 14.9. The molecule has 0 bridgehead atoms. The SMILES string of the molecule is C[C@H]1C[C@@H](n2c(Cc3ccon3)nc3cnc4ccc(Br)cc4c32)CCO1. The number of imidazole rings is 1. The lowest BCUT2D eigenvalue weighted by Crippen LogP contribution is -2.26. The molecule has 7 heteroatoms. The molecule has 0 aliphatic carbocycles. The lowest BCUT2D eigenvalue weighted by Gasteiger charge is -2.30. The molecule has 3 aromatic heterocycles. The fourth-order valence-corrected chi connectivity index (χ4v) is 4.38. The Balaban J connectivity index is 1.76. The number of pyridine rings is 1. The maximum absolute atomic E-state index is 5.79. The minimum absolute atomic E-state index is 0.237. The molecule has 1 aliphatic rings. The Kier molecular flexibility index (Phi) is 4.21. The molecule has 6 nitrogen and oxygen atoms in total. The number of halogens is 1. The molecule has 27 heavy (non-hydrogen) atoms. The summed E-state index contributed by atoms with van der Waals surface area (Å²) < 4.78 is 14.2. The molecule has 1 aromatic carbocycles. The van der Waals surface area contributed by atoms with Crippen molar-refractivity contribution >= 4 is 37.9 Å². The third kappa shape index (κ3) is 3.04. The summed E-state index contributed by atoms with van der Waals surface area (Å²) in [4.78, 5) is 9.54. The van der Waals surface area contributed by atoms with Gasteiger partial charge in [-0.3, -0.25) is 4.98 Å². The van der Waals surface area contributed by atoms with Gasteiger partial charge in [0.1, 0.15) is 17.6 Å². The van der Waals surface area contributed by atoms with Crippen LogP contribution in [0.1, 0.15) is 37.3 Å². The van der Waals surface area contributed by atoms with E-state index in [2.05, 4.69) is 43.6 Å². The Morgan fingerprint density at radius 1 is 1.26 bits per heavy atom. The van der Waals surface area contributed by atoms with E-state index in [-0.39, 0.29) is 6.10 Å². The Labute approximate surface area is 164 Å². The summed E-state index contributed by atoms with van der Waals surface area (Å²) in [5.41, 5.74) is 3.90. The van der Waals surface area contributed by atoms with Crippen molar-refractivity contribution in [3.8, 4) is 0 Å². The molecule has 1 saturated heterocycles. The molecule has 0 spiro atoms. The van der Waals surface area contributed by atoms with E-state index >= 15 is 0 Å². The van der Waals surface area contributed by atoms with Gasteiger partial charge in [0.15, 0.2) is 0 Å². The van der Waals surface area contributed by atoms with Crippen LogP contribution < -0.4 is 0 Å². The quantitative estimate of drug-likeness (QED) is 0.476. The summed E-state index contributed by atoms with van der Waals surface area (Å²) in [7, 11) is 0. The van der Waals surface area contributed by atoms with E-state index in [1.165, 1.54) is 0 Å². The van der Waals surface area contributed by atoms with E-state index < -0.39 is 0 Å². The zero-order valence-corrected chi connectivity index (χ0v) is 16.5. The van der Waals surface area contributed by atoms with Gasteiger partial charge in [-0.2, -0.15) is 0 Å². The standard InChI is InChI=1S/C20H19BrN4O2/c1-12-8-15(5-6-26-12)25-19(10-14-4-7-27-24-14)23-18-11-22-17-3-2-13(21)9-16(17)20(18)25/h2-4,7,9,11-12,15H,5-6,8,10H2,1H3/t12-,15-/m0/s1. The van der Waals surface area contributed by atoms with Gasteiger partial charge in [0, 0.05) is 28.6 Å². The lowest BCUT2D eigenvalue weighted by molar-refractivity contribution is 0.00630. The number of ether oxygens (including phenoxy) is 1. The fraction of sp³-hybridized carbons (Fsp3) is 0.350. The monoisotopic (exact) mass is 426 g/mol. The summed E-state index contributed by atoms with van der Waals surface area (Å²) in [6.45, 7) is 2.90.